The predicted octanol–water partition coefficient (Wildman–Crippen LogP) is 1.93. The smallest absolute Gasteiger partial charge is 0.410 e. The van der Waals surface area contributed by atoms with Crippen molar-refractivity contribution in [3.63, 3.8) is 0 Å². The summed E-state index contributed by atoms with van der Waals surface area (Å²) in [5, 5.41) is 3.34. The first-order valence-corrected chi connectivity index (χ1v) is 7.68. The third-order valence-electron chi connectivity index (χ3n) is 3.21. The largest absolute Gasteiger partial charge is 0.466 e. The van der Waals surface area contributed by atoms with Crippen LogP contribution in [0.25, 0.3) is 0 Å². The third kappa shape index (κ3) is 7.32. The Morgan fingerprint density at radius 2 is 1.86 bits per heavy atom. The molecule has 0 atom stereocenters. The highest BCUT2D eigenvalue weighted by Gasteiger charge is 2.26. The van der Waals surface area contributed by atoms with E-state index in [2.05, 4.69) is 5.32 Å². The lowest BCUT2D eigenvalue weighted by molar-refractivity contribution is -0.143. The Bertz CT molecular complexity index is 344. The van der Waals surface area contributed by atoms with Gasteiger partial charge in [-0.3, -0.25) is 4.79 Å². The van der Waals surface area contributed by atoms with Gasteiger partial charge in [-0.15, -0.1) is 0 Å². The van der Waals surface area contributed by atoms with E-state index in [1.54, 1.807) is 11.8 Å². The first-order chi connectivity index (χ1) is 9.81. The molecule has 1 aliphatic rings. The number of piperidine rings is 1. The zero-order valence-electron chi connectivity index (χ0n) is 13.6. The maximum atomic E-state index is 11.9. The van der Waals surface area contributed by atoms with E-state index >= 15 is 0 Å². The van der Waals surface area contributed by atoms with E-state index in [0.29, 0.717) is 38.7 Å². The van der Waals surface area contributed by atoms with Crippen LogP contribution in [0, 0.1) is 0 Å². The fraction of sp³-hybridized carbons (Fsp3) is 0.867. The van der Waals surface area contributed by atoms with E-state index in [0.717, 1.165) is 12.8 Å². The van der Waals surface area contributed by atoms with Crippen LogP contribution in [0.1, 0.15) is 47.0 Å². The molecular weight excluding hydrogens is 272 g/mol. The molecule has 0 radical (unpaired) electrons. The number of likely N-dealkylation sites (tertiary alicyclic amines) is 1. The molecule has 122 valence electrons. The first-order valence-electron chi connectivity index (χ1n) is 7.68. The van der Waals surface area contributed by atoms with Gasteiger partial charge in [-0.05, 0) is 40.5 Å². The minimum Gasteiger partial charge on any atom is -0.466 e. The van der Waals surface area contributed by atoms with Crippen molar-refractivity contribution < 1.29 is 19.1 Å². The summed E-state index contributed by atoms with van der Waals surface area (Å²) in [5.41, 5.74) is -0.453. The normalized spacial score (nSPS) is 16.7. The number of carbonyl (C=O) groups excluding carboxylic acids is 2. The maximum Gasteiger partial charge on any atom is 0.410 e. The molecule has 1 fully saturated rings. The van der Waals surface area contributed by atoms with Gasteiger partial charge in [-0.2, -0.15) is 0 Å². The molecule has 0 bridgehead atoms. The molecule has 0 saturated carbocycles. The standard InChI is InChI=1S/C15H28N2O4/c1-5-20-13(18)6-9-16-12-7-10-17(11-8-12)14(19)21-15(2,3)4/h12,16H,5-11H2,1-4H3. The molecule has 1 N–H and O–H groups in total. The van der Waals surface area contributed by atoms with Crippen molar-refractivity contribution in [2.45, 2.75) is 58.6 Å². The van der Waals surface area contributed by atoms with Crippen LogP contribution in [0.2, 0.25) is 0 Å². The molecule has 1 aliphatic heterocycles. The molecule has 21 heavy (non-hydrogen) atoms. The molecule has 1 heterocycles. The minimum absolute atomic E-state index is 0.170. The molecule has 1 rings (SSSR count). The summed E-state index contributed by atoms with van der Waals surface area (Å²) in [4.78, 5) is 24.9. The summed E-state index contributed by atoms with van der Waals surface area (Å²) in [6, 6.07) is 0.345. The number of carbonyl (C=O) groups is 2. The van der Waals surface area contributed by atoms with Gasteiger partial charge in [0, 0.05) is 25.7 Å². The second-order valence-electron chi connectivity index (χ2n) is 6.25. The zero-order valence-corrected chi connectivity index (χ0v) is 13.6. The summed E-state index contributed by atoms with van der Waals surface area (Å²) in [6.45, 7) is 9.83. The van der Waals surface area contributed by atoms with E-state index < -0.39 is 5.60 Å². The van der Waals surface area contributed by atoms with Crippen molar-refractivity contribution in [2.75, 3.05) is 26.2 Å². The van der Waals surface area contributed by atoms with Gasteiger partial charge in [0.25, 0.3) is 0 Å². The first kappa shape index (κ1) is 17.8. The van der Waals surface area contributed by atoms with Crippen molar-refractivity contribution in [3.8, 4) is 0 Å². The molecule has 1 amide bonds. The monoisotopic (exact) mass is 300 g/mol. The van der Waals surface area contributed by atoms with Gasteiger partial charge in [0.15, 0.2) is 0 Å². The second-order valence-corrected chi connectivity index (χ2v) is 6.25. The molecule has 0 spiro atoms. The molecule has 0 aromatic carbocycles. The lowest BCUT2D eigenvalue weighted by Crippen LogP contribution is -2.46. The fourth-order valence-electron chi connectivity index (χ4n) is 2.20. The lowest BCUT2D eigenvalue weighted by atomic mass is 10.1. The Labute approximate surface area is 127 Å². The van der Waals surface area contributed by atoms with E-state index in [1.165, 1.54) is 0 Å². The Morgan fingerprint density at radius 3 is 2.38 bits per heavy atom. The lowest BCUT2D eigenvalue weighted by Gasteiger charge is -2.33. The number of ether oxygens (including phenoxy) is 2. The van der Waals surface area contributed by atoms with Crippen molar-refractivity contribution in [3.05, 3.63) is 0 Å². The van der Waals surface area contributed by atoms with Gasteiger partial charge < -0.3 is 19.7 Å². The SMILES string of the molecule is CCOC(=O)CCNC1CCN(C(=O)OC(C)(C)C)CC1. The van der Waals surface area contributed by atoms with Crippen LogP contribution in [0.3, 0.4) is 0 Å². The van der Waals surface area contributed by atoms with Crippen LogP contribution in [-0.4, -0.2) is 54.8 Å². The molecular formula is C15H28N2O4. The Morgan fingerprint density at radius 1 is 1.24 bits per heavy atom. The summed E-state index contributed by atoms with van der Waals surface area (Å²) >= 11 is 0. The second kappa shape index (κ2) is 8.22. The maximum absolute atomic E-state index is 11.9. The molecule has 0 aromatic rings. The highest BCUT2D eigenvalue weighted by Crippen LogP contribution is 2.15. The molecule has 1 saturated heterocycles. The Kier molecular flexibility index (Phi) is 6.95. The third-order valence-corrected chi connectivity index (χ3v) is 3.21. The Hall–Kier alpha value is -1.30. The van der Waals surface area contributed by atoms with Gasteiger partial charge in [0.05, 0.1) is 13.0 Å². The summed E-state index contributed by atoms with van der Waals surface area (Å²) in [5.74, 6) is -0.170. The molecule has 6 nitrogen and oxygen atoms in total. The number of nitrogens with one attached hydrogen (secondary N) is 1. The van der Waals surface area contributed by atoms with Crippen LogP contribution in [0.5, 0.6) is 0 Å². The van der Waals surface area contributed by atoms with Crippen LogP contribution in [0.15, 0.2) is 0 Å². The predicted molar refractivity (Wildman–Crippen MR) is 80.1 cm³/mol. The number of amides is 1. The number of hydrogen-bond donors (Lipinski definition) is 1. The highest BCUT2D eigenvalue weighted by molar-refractivity contribution is 5.69. The van der Waals surface area contributed by atoms with Crippen molar-refractivity contribution in [2.24, 2.45) is 0 Å². The topological polar surface area (TPSA) is 67.9 Å². The number of nitrogens with zero attached hydrogens (tertiary/aromatic N) is 1. The van der Waals surface area contributed by atoms with Crippen LogP contribution < -0.4 is 5.32 Å². The van der Waals surface area contributed by atoms with Crippen molar-refractivity contribution in [1.29, 1.82) is 0 Å². The molecule has 0 aliphatic carbocycles. The molecule has 6 heteroatoms. The Balaban J connectivity index is 2.20. The van der Waals surface area contributed by atoms with Gasteiger partial charge in [0.2, 0.25) is 0 Å². The highest BCUT2D eigenvalue weighted by atomic mass is 16.6. The van der Waals surface area contributed by atoms with E-state index in [4.69, 9.17) is 9.47 Å². The number of hydrogen-bond acceptors (Lipinski definition) is 5. The van der Waals surface area contributed by atoms with E-state index in [1.807, 2.05) is 20.8 Å². The van der Waals surface area contributed by atoms with Crippen molar-refractivity contribution in [1.82, 2.24) is 10.2 Å². The van der Waals surface area contributed by atoms with Gasteiger partial charge >= 0.3 is 12.1 Å². The van der Waals surface area contributed by atoms with E-state index in [9.17, 15) is 9.59 Å². The molecule has 0 unspecified atom stereocenters. The average molecular weight is 300 g/mol. The summed E-state index contributed by atoms with van der Waals surface area (Å²) in [7, 11) is 0. The molecule has 0 aromatic heterocycles. The summed E-state index contributed by atoms with van der Waals surface area (Å²) < 4.78 is 10.2. The van der Waals surface area contributed by atoms with Gasteiger partial charge in [0.1, 0.15) is 5.60 Å². The average Bonchev–Trinajstić information content (AvgIpc) is 2.38. The van der Waals surface area contributed by atoms with Crippen LogP contribution >= 0.6 is 0 Å². The van der Waals surface area contributed by atoms with Crippen LogP contribution in [0.4, 0.5) is 4.79 Å². The van der Waals surface area contributed by atoms with Gasteiger partial charge in [-0.25, -0.2) is 4.79 Å². The van der Waals surface area contributed by atoms with Crippen molar-refractivity contribution >= 4 is 12.1 Å². The number of esters is 1. The minimum atomic E-state index is -0.453. The zero-order chi connectivity index (χ0) is 15.9. The van der Waals surface area contributed by atoms with Gasteiger partial charge in [-0.1, -0.05) is 0 Å². The number of rotatable bonds is 5. The van der Waals surface area contributed by atoms with E-state index in [-0.39, 0.29) is 12.1 Å². The quantitative estimate of drug-likeness (QED) is 0.786. The fourth-order valence-corrected chi connectivity index (χ4v) is 2.20. The summed E-state index contributed by atoms with van der Waals surface area (Å²) in [6.07, 6.45) is 1.90. The van der Waals surface area contributed by atoms with Crippen LogP contribution in [-0.2, 0) is 14.3 Å².